The molecule has 2 unspecified atom stereocenters. The normalized spacial score (nSPS) is 18.4. The van der Waals surface area contributed by atoms with E-state index < -0.39 is 13.2 Å². The van der Waals surface area contributed by atoms with Crippen molar-refractivity contribution in [2.75, 3.05) is 23.9 Å². The first-order valence-corrected chi connectivity index (χ1v) is 10.1. The maximum absolute atomic E-state index is 12.0. The van der Waals surface area contributed by atoms with Crippen LogP contribution in [0.5, 0.6) is 0 Å². The van der Waals surface area contributed by atoms with Crippen molar-refractivity contribution in [2.24, 2.45) is 5.73 Å². The lowest BCUT2D eigenvalue weighted by molar-refractivity contribution is 0.203. The van der Waals surface area contributed by atoms with Crippen LogP contribution in [-0.2, 0) is 13.6 Å². The van der Waals surface area contributed by atoms with Gasteiger partial charge in [-0.1, -0.05) is 63.7 Å². The van der Waals surface area contributed by atoms with Crippen molar-refractivity contribution in [3.05, 3.63) is 0 Å². The molecule has 5 nitrogen and oxygen atoms in total. The molecule has 0 bridgehead atoms. The largest absolute Gasteiger partial charge is 0.418 e. The topological polar surface area (TPSA) is 78.6 Å². The molecule has 2 atom stereocenters. The highest BCUT2D eigenvalue weighted by Crippen LogP contribution is 2.48. The molecule has 0 rings (SSSR count). The van der Waals surface area contributed by atoms with E-state index in [0.717, 1.165) is 0 Å². The molecule has 2 N–H and O–H groups in total. The molecule has 0 aliphatic heterocycles. The van der Waals surface area contributed by atoms with Crippen LogP contribution in [0.25, 0.3) is 0 Å². The lowest BCUT2D eigenvalue weighted by atomic mass is 10.5. The van der Waals surface area contributed by atoms with Crippen molar-refractivity contribution < 1.29 is 18.4 Å². The van der Waals surface area contributed by atoms with Crippen LogP contribution in [0.1, 0.15) is 0 Å². The minimum Gasteiger partial charge on any atom is -0.359 e. The average Bonchev–Trinajstić information content (AvgIpc) is 2.32. The van der Waals surface area contributed by atoms with E-state index in [-0.39, 0.29) is 22.9 Å². The second-order valence-electron chi connectivity index (χ2n) is 2.93. The molecule has 0 fully saturated rings. The highest BCUT2D eigenvalue weighted by Gasteiger charge is 2.33. The molecule has 1 amide bonds. The van der Waals surface area contributed by atoms with Gasteiger partial charge in [0, 0.05) is 20.3 Å². The Hall–Kier alpha value is 1.54. The van der Waals surface area contributed by atoms with Gasteiger partial charge < -0.3 is 14.8 Å². The SMILES string of the molecule is NC(=O)P(=O)(OCC(Br)CBr)OCC(Br)CBr. The van der Waals surface area contributed by atoms with E-state index in [1.54, 1.807) is 0 Å². The summed E-state index contributed by atoms with van der Waals surface area (Å²) < 4.78 is 21.9. The van der Waals surface area contributed by atoms with Gasteiger partial charge in [0.05, 0.1) is 13.2 Å². The Bertz CT molecular complexity index is 275. The summed E-state index contributed by atoms with van der Waals surface area (Å²) in [5.74, 6) is 0. The van der Waals surface area contributed by atoms with Gasteiger partial charge in [-0.25, -0.2) is 4.57 Å². The van der Waals surface area contributed by atoms with Gasteiger partial charge >= 0.3 is 13.2 Å². The van der Waals surface area contributed by atoms with E-state index in [9.17, 15) is 9.36 Å². The molecule has 0 aliphatic rings. The number of primary amides is 1. The number of carbonyl (C=O) groups excluding carboxylic acids is 1. The van der Waals surface area contributed by atoms with Crippen molar-refractivity contribution in [3.8, 4) is 0 Å². The number of amides is 1. The first kappa shape index (κ1) is 18.5. The third-order valence-corrected chi connectivity index (χ3v) is 7.45. The van der Waals surface area contributed by atoms with Gasteiger partial charge in [-0.3, -0.25) is 4.79 Å². The molecule has 0 aromatic heterocycles. The van der Waals surface area contributed by atoms with Crippen molar-refractivity contribution in [3.63, 3.8) is 0 Å². The van der Waals surface area contributed by atoms with Gasteiger partial charge in [0.25, 0.3) is 0 Å². The Labute approximate surface area is 134 Å². The number of nitrogens with two attached hydrogens (primary N) is 1. The second-order valence-corrected chi connectivity index (χ2v) is 8.77. The van der Waals surface area contributed by atoms with Crippen molar-refractivity contribution >= 4 is 77.0 Å². The third kappa shape index (κ3) is 7.64. The first-order chi connectivity index (χ1) is 7.85. The fraction of sp³-hybridized carbons (Fsp3) is 0.857. The molecule has 17 heavy (non-hydrogen) atoms. The van der Waals surface area contributed by atoms with Crippen LogP contribution in [0.2, 0.25) is 0 Å². The maximum atomic E-state index is 12.0. The van der Waals surface area contributed by atoms with Crippen molar-refractivity contribution in [1.82, 2.24) is 0 Å². The van der Waals surface area contributed by atoms with Gasteiger partial charge in [-0.05, 0) is 0 Å². The number of hydrogen-bond donors (Lipinski definition) is 1. The van der Waals surface area contributed by atoms with Gasteiger partial charge in [0.15, 0.2) is 0 Å². The molecule has 102 valence electrons. The molecule has 0 radical (unpaired) electrons. The van der Waals surface area contributed by atoms with E-state index in [2.05, 4.69) is 63.7 Å². The highest BCUT2D eigenvalue weighted by atomic mass is 79.9. The van der Waals surface area contributed by atoms with Gasteiger partial charge in [0.1, 0.15) is 0 Å². The molecular formula is C7H12Br4NO4P. The van der Waals surface area contributed by atoms with Crippen LogP contribution < -0.4 is 5.73 Å². The summed E-state index contributed by atoms with van der Waals surface area (Å²) in [6, 6.07) is 0. The Balaban J connectivity index is 4.37. The molecule has 0 saturated carbocycles. The van der Waals surface area contributed by atoms with Crippen LogP contribution in [0.4, 0.5) is 4.79 Å². The van der Waals surface area contributed by atoms with E-state index in [4.69, 9.17) is 14.8 Å². The highest BCUT2D eigenvalue weighted by molar-refractivity contribution is 9.12. The van der Waals surface area contributed by atoms with Crippen molar-refractivity contribution in [1.29, 1.82) is 0 Å². The van der Waals surface area contributed by atoms with Gasteiger partial charge in [0.2, 0.25) is 0 Å². The standard InChI is InChI=1S/C7H12Br4NO4P/c8-1-5(10)3-15-17(14,7(12)13)16-4-6(11)2-9/h5-6H,1-4H2,(H2,12,13). The summed E-state index contributed by atoms with van der Waals surface area (Å²) >= 11 is 12.9. The van der Waals surface area contributed by atoms with E-state index in [0.29, 0.717) is 10.7 Å². The minimum absolute atomic E-state index is 0.0622. The quantitative estimate of drug-likeness (QED) is 0.369. The monoisotopic (exact) mass is 521 g/mol. The molecule has 10 heteroatoms. The summed E-state index contributed by atoms with van der Waals surface area (Å²) in [6.45, 7) is 0.124. The summed E-state index contributed by atoms with van der Waals surface area (Å²) in [6.07, 6.45) is 0. The summed E-state index contributed by atoms with van der Waals surface area (Å²) in [5.41, 5.74) is 3.94. The summed E-state index contributed by atoms with van der Waals surface area (Å²) in [5, 5.41) is 1.18. The molecule has 0 saturated heterocycles. The third-order valence-electron chi connectivity index (χ3n) is 1.46. The van der Waals surface area contributed by atoms with Gasteiger partial charge in [-0.15, -0.1) is 0 Å². The molecule has 0 aromatic carbocycles. The summed E-state index contributed by atoms with van der Waals surface area (Å²) in [7, 11) is -3.89. The zero-order chi connectivity index (χ0) is 13.5. The molecule has 0 aliphatic carbocycles. The smallest absolute Gasteiger partial charge is 0.359 e. The Morgan fingerprint density at radius 3 is 1.71 bits per heavy atom. The molecule has 0 aromatic rings. The van der Waals surface area contributed by atoms with E-state index in [1.165, 1.54) is 0 Å². The molecule has 0 heterocycles. The maximum Gasteiger partial charge on any atom is 0.418 e. The number of rotatable bonds is 9. The van der Waals surface area contributed by atoms with Crippen LogP contribution in [0.3, 0.4) is 0 Å². The van der Waals surface area contributed by atoms with Crippen LogP contribution in [0, 0.1) is 0 Å². The molecular weight excluding hydrogens is 513 g/mol. The van der Waals surface area contributed by atoms with E-state index >= 15 is 0 Å². The fourth-order valence-corrected chi connectivity index (χ4v) is 2.74. The fourth-order valence-electron chi connectivity index (χ4n) is 0.612. The van der Waals surface area contributed by atoms with E-state index in [1.807, 2.05) is 0 Å². The van der Waals surface area contributed by atoms with Gasteiger partial charge in [-0.2, -0.15) is 0 Å². The Morgan fingerprint density at radius 2 is 1.47 bits per heavy atom. The van der Waals surface area contributed by atoms with Crippen LogP contribution in [-0.4, -0.2) is 39.2 Å². The Morgan fingerprint density at radius 1 is 1.12 bits per heavy atom. The zero-order valence-electron chi connectivity index (χ0n) is 8.65. The summed E-state index contributed by atoms with van der Waals surface area (Å²) in [4.78, 5) is 10.9. The lowest BCUT2D eigenvalue weighted by Gasteiger charge is -2.17. The minimum atomic E-state index is -3.89. The second kappa shape index (κ2) is 9.44. The van der Waals surface area contributed by atoms with Crippen LogP contribution >= 0.6 is 71.3 Å². The van der Waals surface area contributed by atoms with Crippen LogP contribution in [0.15, 0.2) is 0 Å². The first-order valence-electron chi connectivity index (χ1n) is 4.45. The number of halogens is 4. The zero-order valence-corrected chi connectivity index (χ0v) is 15.9. The lowest BCUT2D eigenvalue weighted by Crippen LogP contribution is -2.20. The van der Waals surface area contributed by atoms with Crippen molar-refractivity contribution in [2.45, 2.75) is 9.65 Å². The Kier molecular flexibility index (Phi) is 10.3. The predicted molar refractivity (Wildman–Crippen MR) is 82.1 cm³/mol. The average molecular weight is 525 g/mol. The number of hydrogen-bond acceptors (Lipinski definition) is 4. The number of alkyl halides is 4. The molecule has 0 spiro atoms. The number of carbonyl (C=O) groups is 1. The predicted octanol–water partition coefficient (Wildman–Crippen LogP) is 3.61.